The topological polar surface area (TPSA) is 102 Å². The van der Waals surface area contributed by atoms with Crippen LogP contribution in [0, 0.1) is 0 Å². The molecular weight excluding hydrogens is 258 g/mol. The standard InChI is InChI=1S/C13H23N5O2/c1-5-6-20-13-10(14)11(15-7-16-13)18-9(4)12(19)17-8(2)3/h7-9H,5-6,14H2,1-4H3,(H,17,19)(H,15,16,18). The maximum atomic E-state index is 11.8. The van der Waals surface area contributed by atoms with Gasteiger partial charge in [-0.2, -0.15) is 4.98 Å². The van der Waals surface area contributed by atoms with Gasteiger partial charge in [-0.1, -0.05) is 6.92 Å². The van der Waals surface area contributed by atoms with E-state index in [1.807, 2.05) is 20.8 Å². The third-order valence-corrected chi connectivity index (χ3v) is 2.47. The first-order chi connectivity index (χ1) is 9.45. The summed E-state index contributed by atoms with van der Waals surface area (Å²) in [7, 11) is 0. The zero-order valence-electron chi connectivity index (χ0n) is 12.4. The Morgan fingerprint density at radius 1 is 1.40 bits per heavy atom. The van der Waals surface area contributed by atoms with Gasteiger partial charge in [0.25, 0.3) is 0 Å². The van der Waals surface area contributed by atoms with E-state index in [2.05, 4.69) is 20.6 Å². The van der Waals surface area contributed by atoms with Crippen LogP contribution >= 0.6 is 0 Å². The van der Waals surface area contributed by atoms with E-state index in [9.17, 15) is 4.79 Å². The van der Waals surface area contributed by atoms with Gasteiger partial charge in [-0.15, -0.1) is 0 Å². The number of nitrogen functional groups attached to an aromatic ring is 1. The second-order valence-electron chi connectivity index (χ2n) is 4.82. The number of aromatic nitrogens is 2. The van der Waals surface area contributed by atoms with Crippen LogP contribution in [0.2, 0.25) is 0 Å². The van der Waals surface area contributed by atoms with Gasteiger partial charge in [0.1, 0.15) is 18.1 Å². The molecule has 0 aromatic carbocycles. The molecule has 7 heteroatoms. The van der Waals surface area contributed by atoms with Gasteiger partial charge in [0.15, 0.2) is 5.82 Å². The molecule has 0 radical (unpaired) electrons. The van der Waals surface area contributed by atoms with Crippen molar-refractivity contribution in [3.05, 3.63) is 6.33 Å². The Bertz CT molecular complexity index is 450. The molecule has 1 aromatic rings. The number of hydrogen-bond donors (Lipinski definition) is 3. The van der Waals surface area contributed by atoms with Gasteiger partial charge < -0.3 is 21.1 Å². The lowest BCUT2D eigenvalue weighted by Gasteiger charge is -2.18. The molecule has 0 aliphatic heterocycles. The van der Waals surface area contributed by atoms with Gasteiger partial charge >= 0.3 is 0 Å². The van der Waals surface area contributed by atoms with Gasteiger partial charge in [-0.25, -0.2) is 4.98 Å². The summed E-state index contributed by atoms with van der Waals surface area (Å²) < 4.78 is 5.42. The van der Waals surface area contributed by atoms with Crippen molar-refractivity contribution in [3.8, 4) is 5.88 Å². The first-order valence-corrected chi connectivity index (χ1v) is 6.75. The quantitative estimate of drug-likeness (QED) is 0.693. The monoisotopic (exact) mass is 281 g/mol. The van der Waals surface area contributed by atoms with Crippen molar-refractivity contribution >= 4 is 17.4 Å². The number of ether oxygens (including phenoxy) is 1. The lowest BCUT2D eigenvalue weighted by atomic mass is 10.2. The third-order valence-electron chi connectivity index (χ3n) is 2.47. The number of amides is 1. The van der Waals surface area contributed by atoms with E-state index in [-0.39, 0.29) is 11.9 Å². The second kappa shape index (κ2) is 7.52. The van der Waals surface area contributed by atoms with E-state index < -0.39 is 6.04 Å². The molecule has 1 amide bonds. The zero-order valence-corrected chi connectivity index (χ0v) is 12.4. The molecule has 1 heterocycles. The minimum absolute atomic E-state index is 0.0814. The Balaban J connectivity index is 2.74. The molecule has 20 heavy (non-hydrogen) atoms. The fraction of sp³-hybridized carbons (Fsp3) is 0.615. The van der Waals surface area contributed by atoms with Gasteiger partial charge in [-0.3, -0.25) is 4.79 Å². The smallest absolute Gasteiger partial charge is 0.242 e. The van der Waals surface area contributed by atoms with Crippen LogP contribution in [0.25, 0.3) is 0 Å². The van der Waals surface area contributed by atoms with E-state index in [0.717, 1.165) is 6.42 Å². The molecule has 0 saturated heterocycles. The maximum absolute atomic E-state index is 11.8. The largest absolute Gasteiger partial charge is 0.476 e. The molecular formula is C13H23N5O2. The van der Waals surface area contributed by atoms with Crippen molar-refractivity contribution in [2.24, 2.45) is 0 Å². The van der Waals surface area contributed by atoms with E-state index in [4.69, 9.17) is 10.5 Å². The maximum Gasteiger partial charge on any atom is 0.242 e. The highest BCUT2D eigenvalue weighted by molar-refractivity contribution is 5.85. The predicted molar refractivity (Wildman–Crippen MR) is 78.6 cm³/mol. The summed E-state index contributed by atoms with van der Waals surface area (Å²) in [6.07, 6.45) is 2.22. The Morgan fingerprint density at radius 2 is 2.10 bits per heavy atom. The highest BCUT2D eigenvalue weighted by Crippen LogP contribution is 2.25. The molecule has 0 aliphatic rings. The molecule has 7 nitrogen and oxygen atoms in total. The highest BCUT2D eigenvalue weighted by Gasteiger charge is 2.17. The summed E-state index contributed by atoms with van der Waals surface area (Å²) in [5, 5.41) is 5.78. The van der Waals surface area contributed by atoms with Crippen molar-refractivity contribution < 1.29 is 9.53 Å². The number of hydrogen-bond acceptors (Lipinski definition) is 6. The van der Waals surface area contributed by atoms with Crippen LogP contribution in [0.15, 0.2) is 6.33 Å². The minimum atomic E-state index is -0.450. The van der Waals surface area contributed by atoms with Crippen LogP contribution in [0.4, 0.5) is 11.5 Å². The number of carbonyl (C=O) groups is 1. The van der Waals surface area contributed by atoms with Crippen LogP contribution in [0.5, 0.6) is 5.88 Å². The number of nitrogens with zero attached hydrogens (tertiary/aromatic N) is 2. The Morgan fingerprint density at radius 3 is 2.70 bits per heavy atom. The van der Waals surface area contributed by atoms with E-state index in [1.54, 1.807) is 6.92 Å². The number of nitrogens with one attached hydrogen (secondary N) is 2. The average Bonchev–Trinajstić information content (AvgIpc) is 2.39. The van der Waals surface area contributed by atoms with Crippen molar-refractivity contribution in [3.63, 3.8) is 0 Å². The summed E-state index contributed by atoms with van der Waals surface area (Å²) >= 11 is 0. The molecule has 112 valence electrons. The zero-order chi connectivity index (χ0) is 15.1. The highest BCUT2D eigenvalue weighted by atomic mass is 16.5. The molecule has 1 aromatic heterocycles. The molecule has 0 fully saturated rings. The van der Waals surface area contributed by atoms with Crippen LogP contribution in [0.1, 0.15) is 34.1 Å². The first kappa shape index (κ1) is 16.0. The fourth-order valence-corrected chi connectivity index (χ4v) is 1.49. The summed E-state index contributed by atoms with van der Waals surface area (Å²) in [5.41, 5.74) is 6.24. The Kier molecular flexibility index (Phi) is 6.02. The Labute approximate surface area is 119 Å². The number of anilines is 2. The van der Waals surface area contributed by atoms with Gasteiger partial charge in [0.05, 0.1) is 6.61 Å². The van der Waals surface area contributed by atoms with E-state index in [0.29, 0.717) is 24.0 Å². The van der Waals surface area contributed by atoms with Crippen molar-refractivity contribution in [1.82, 2.24) is 15.3 Å². The number of rotatable bonds is 7. The van der Waals surface area contributed by atoms with Crippen molar-refractivity contribution in [1.29, 1.82) is 0 Å². The molecule has 4 N–H and O–H groups in total. The fourth-order valence-electron chi connectivity index (χ4n) is 1.49. The van der Waals surface area contributed by atoms with Crippen molar-refractivity contribution in [2.45, 2.75) is 46.2 Å². The average molecular weight is 281 g/mol. The summed E-state index contributed by atoms with van der Waals surface area (Å²) in [6.45, 7) is 8.07. The van der Waals surface area contributed by atoms with Gasteiger partial charge in [-0.05, 0) is 27.2 Å². The lowest BCUT2D eigenvalue weighted by Crippen LogP contribution is -2.41. The van der Waals surface area contributed by atoms with Crippen LogP contribution in [-0.2, 0) is 4.79 Å². The molecule has 0 saturated carbocycles. The normalized spacial score (nSPS) is 12.1. The Hall–Kier alpha value is -2.05. The lowest BCUT2D eigenvalue weighted by molar-refractivity contribution is -0.122. The van der Waals surface area contributed by atoms with Gasteiger partial charge in [0, 0.05) is 6.04 Å². The second-order valence-corrected chi connectivity index (χ2v) is 4.82. The first-order valence-electron chi connectivity index (χ1n) is 6.75. The number of carbonyl (C=O) groups excluding carboxylic acids is 1. The molecule has 0 spiro atoms. The van der Waals surface area contributed by atoms with Crippen LogP contribution < -0.4 is 21.1 Å². The molecule has 0 bridgehead atoms. The third kappa shape index (κ3) is 4.56. The van der Waals surface area contributed by atoms with Crippen LogP contribution in [0.3, 0.4) is 0 Å². The summed E-state index contributed by atoms with van der Waals surface area (Å²) in [4.78, 5) is 19.9. The summed E-state index contributed by atoms with van der Waals surface area (Å²) in [5.74, 6) is 0.618. The van der Waals surface area contributed by atoms with Crippen LogP contribution in [-0.4, -0.2) is 34.6 Å². The molecule has 1 atom stereocenters. The minimum Gasteiger partial charge on any atom is -0.476 e. The van der Waals surface area contributed by atoms with E-state index in [1.165, 1.54) is 6.33 Å². The molecule has 1 unspecified atom stereocenters. The molecule has 0 aliphatic carbocycles. The van der Waals surface area contributed by atoms with E-state index >= 15 is 0 Å². The van der Waals surface area contributed by atoms with Crippen molar-refractivity contribution in [2.75, 3.05) is 17.7 Å². The number of nitrogens with two attached hydrogens (primary N) is 1. The van der Waals surface area contributed by atoms with Gasteiger partial charge in [0.2, 0.25) is 11.8 Å². The SMILES string of the molecule is CCCOc1ncnc(NC(C)C(=O)NC(C)C)c1N. The predicted octanol–water partition coefficient (Wildman–Crippen LogP) is 1.17. The summed E-state index contributed by atoms with van der Waals surface area (Å²) in [6, 6.07) is -0.369. The molecule has 1 rings (SSSR count).